The average Bonchev–Trinajstić information content (AvgIpc) is 1.83. The Kier molecular flexibility index (Phi) is 5.03. The zero-order valence-electron chi connectivity index (χ0n) is 5.20. The number of rotatable bonds is 4. The second-order valence-electron chi connectivity index (χ2n) is 2.02. The van der Waals surface area contributed by atoms with E-state index in [4.69, 9.17) is 0 Å². The summed E-state index contributed by atoms with van der Waals surface area (Å²) in [5.74, 6) is -0.00301. The van der Waals surface area contributed by atoms with Gasteiger partial charge in [0.05, 0.1) is 6.67 Å². The third-order valence-electron chi connectivity index (χ3n) is 1.08. The first-order valence-corrected chi connectivity index (χ1v) is 2.99. The first-order chi connectivity index (χ1) is 3.81. The Labute approximate surface area is 51.1 Å². The summed E-state index contributed by atoms with van der Waals surface area (Å²) in [4.78, 5) is 0. The highest BCUT2D eigenvalue weighted by Gasteiger charge is 1.97. The number of hydrogen-bond donors (Lipinski definition) is 0. The second kappa shape index (κ2) is 5.07. The van der Waals surface area contributed by atoms with E-state index >= 15 is 0 Å². The van der Waals surface area contributed by atoms with Gasteiger partial charge >= 0.3 is 0 Å². The summed E-state index contributed by atoms with van der Waals surface area (Å²) >= 11 is 0. The Hall–Kier alpha value is -0.0700. The summed E-state index contributed by atoms with van der Waals surface area (Å²) in [7, 11) is 0. The fourth-order valence-corrected chi connectivity index (χ4v) is 0.510. The van der Waals surface area contributed by atoms with Gasteiger partial charge in [-0.2, -0.15) is 0 Å². The van der Waals surface area contributed by atoms with Gasteiger partial charge < -0.3 is 0 Å². The van der Waals surface area contributed by atoms with E-state index in [9.17, 15) is 4.39 Å². The predicted octanol–water partition coefficient (Wildman–Crippen LogP) is 2.41. The van der Waals surface area contributed by atoms with Crippen molar-refractivity contribution in [1.82, 2.24) is 0 Å². The molecule has 0 aliphatic carbocycles. The molecule has 0 nitrogen and oxygen atoms in total. The van der Waals surface area contributed by atoms with Crippen LogP contribution < -0.4 is 0 Å². The molecule has 2 radical (unpaired) electrons. The van der Waals surface area contributed by atoms with Crippen LogP contribution in [0, 0.1) is 19.8 Å². The highest BCUT2D eigenvalue weighted by Crippen LogP contribution is 2.06. The highest BCUT2D eigenvalue weighted by atomic mass is 19.1. The molecule has 0 aromatic heterocycles. The van der Waals surface area contributed by atoms with Crippen LogP contribution in [0.3, 0.4) is 0 Å². The Morgan fingerprint density at radius 2 is 2.12 bits per heavy atom. The Morgan fingerprint density at radius 3 is 2.50 bits per heavy atom. The standard InChI is InChI=1S/C7H13F/c1-3-4-5-7(2)6-8/h7H,1-6H2. The van der Waals surface area contributed by atoms with E-state index in [0.29, 0.717) is 0 Å². The summed E-state index contributed by atoms with van der Waals surface area (Å²) < 4.78 is 11.6. The van der Waals surface area contributed by atoms with Crippen molar-refractivity contribution < 1.29 is 4.39 Å². The van der Waals surface area contributed by atoms with Crippen LogP contribution in [0.2, 0.25) is 0 Å². The molecular formula is C7H13F. The van der Waals surface area contributed by atoms with Crippen LogP contribution in [-0.4, -0.2) is 6.67 Å². The normalized spacial score (nSPS) is 13.9. The summed E-state index contributed by atoms with van der Waals surface area (Å²) in [5, 5.41) is 0. The molecule has 0 bridgehead atoms. The van der Waals surface area contributed by atoms with Gasteiger partial charge in [-0.3, -0.25) is 4.39 Å². The molecule has 1 atom stereocenters. The summed E-state index contributed by atoms with van der Waals surface area (Å²) in [6.45, 7) is 6.94. The van der Waals surface area contributed by atoms with E-state index < -0.39 is 0 Å². The Balaban J connectivity index is 2.86. The van der Waals surface area contributed by atoms with Crippen molar-refractivity contribution in [2.45, 2.75) is 19.3 Å². The van der Waals surface area contributed by atoms with Crippen molar-refractivity contribution in [2.75, 3.05) is 6.67 Å². The van der Waals surface area contributed by atoms with E-state index in [-0.39, 0.29) is 12.6 Å². The van der Waals surface area contributed by atoms with Gasteiger partial charge in [0.1, 0.15) is 0 Å². The molecule has 0 rings (SSSR count). The van der Waals surface area contributed by atoms with Gasteiger partial charge in [0.15, 0.2) is 0 Å². The van der Waals surface area contributed by atoms with E-state index in [1.54, 1.807) is 0 Å². The minimum absolute atomic E-state index is 0.00301. The molecular weight excluding hydrogens is 103 g/mol. The molecule has 0 aromatic carbocycles. The third kappa shape index (κ3) is 4.10. The van der Waals surface area contributed by atoms with Gasteiger partial charge in [-0.05, 0) is 19.3 Å². The summed E-state index contributed by atoms with van der Waals surface area (Å²) in [6.07, 6.45) is 2.77. The maximum Gasteiger partial charge on any atom is 0.0922 e. The van der Waals surface area contributed by atoms with Crippen molar-refractivity contribution in [1.29, 1.82) is 0 Å². The molecule has 1 heteroatoms. The van der Waals surface area contributed by atoms with E-state index in [0.717, 1.165) is 19.3 Å². The zero-order chi connectivity index (χ0) is 6.41. The first kappa shape index (κ1) is 7.93. The fraction of sp³-hybridized carbons (Fsp3) is 0.714. The smallest absolute Gasteiger partial charge is 0.0922 e. The average molecular weight is 116 g/mol. The van der Waals surface area contributed by atoms with E-state index in [2.05, 4.69) is 13.8 Å². The molecule has 0 saturated heterocycles. The van der Waals surface area contributed by atoms with Gasteiger partial charge in [0.2, 0.25) is 0 Å². The molecule has 0 amide bonds. The number of unbranched alkanes of at least 4 members (excludes halogenated alkanes) is 1. The molecule has 48 valence electrons. The van der Waals surface area contributed by atoms with Crippen LogP contribution in [0.25, 0.3) is 0 Å². The maximum absolute atomic E-state index is 11.6. The fourth-order valence-electron chi connectivity index (χ4n) is 0.510. The van der Waals surface area contributed by atoms with Crippen LogP contribution in [0.5, 0.6) is 0 Å². The predicted molar refractivity (Wildman–Crippen MR) is 34.0 cm³/mol. The van der Waals surface area contributed by atoms with Gasteiger partial charge in [0.25, 0.3) is 0 Å². The quantitative estimate of drug-likeness (QED) is 0.529. The topological polar surface area (TPSA) is 0 Å². The molecule has 0 aliphatic heterocycles. The van der Waals surface area contributed by atoms with Crippen molar-refractivity contribution in [3.8, 4) is 0 Å². The molecule has 1 unspecified atom stereocenters. The van der Waals surface area contributed by atoms with Crippen LogP contribution >= 0.6 is 0 Å². The van der Waals surface area contributed by atoms with E-state index in [1.165, 1.54) is 0 Å². The van der Waals surface area contributed by atoms with Crippen molar-refractivity contribution in [3.05, 3.63) is 13.8 Å². The van der Waals surface area contributed by atoms with Crippen molar-refractivity contribution in [2.24, 2.45) is 5.92 Å². The van der Waals surface area contributed by atoms with Gasteiger partial charge in [-0.25, -0.2) is 0 Å². The van der Waals surface area contributed by atoms with E-state index in [1.807, 2.05) is 0 Å². The molecule has 0 spiro atoms. The molecule has 0 saturated carbocycles. The zero-order valence-corrected chi connectivity index (χ0v) is 5.20. The maximum atomic E-state index is 11.6. The number of alkyl halides is 1. The lowest BCUT2D eigenvalue weighted by Gasteiger charge is -2.01. The third-order valence-corrected chi connectivity index (χ3v) is 1.08. The van der Waals surface area contributed by atoms with Gasteiger partial charge in [-0.15, -0.1) is 0 Å². The first-order valence-electron chi connectivity index (χ1n) is 2.99. The SMILES string of the molecule is [CH2]CCCC([CH2])CF. The molecule has 0 heterocycles. The molecule has 0 aromatic rings. The van der Waals surface area contributed by atoms with Crippen LogP contribution in [-0.2, 0) is 0 Å². The van der Waals surface area contributed by atoms with Gasteiger partial charge in [-0.1, -0.05) is 19.8 Å². The Bertz CT molecular complexity index is 43.7. The number of hydrogen-bond acceptors (Lipinski definition) is 0. The number of halogens is 1. The highest BCUT2D eigenvalue weighted by molar-refractivity contribution is 4.59. The molecule has 8 heavy (non-hydrogen) atoms. The largest absolute Gasteiger partial charge is 0.251 e. The lowest BCUT2D eigenvalue weighted by molar-refractivity contribution is 0.387. The molecule has 0 aliphatic rings. The van der Waals surface area contributed by atoms with Crippen LogP contribution in [0.1, 0.15) is 19.3 Å². The summed E-state index contributed by atoms with van der Waals surface area (Å²) in [6, 6.07) is 0. The van der Waals surface area contributed by atoms with Crippen LogP contribution in [0.4, 0.5) is 4.39 Å². The minimum Gasteiger partial charge on any atom is -0.251 e. The van der Waals surface area contributed by atoms with Gasteiger partial charge in [0, 0.05) is 0 Å². The Morgan fingerprint density at radius 1 is 1.50 bits per heavy atom. The second-order valence-corrected chi connectivity index (χ2v) is 2.02. The minimum atomic E-state index is -0.292. The molecule has 0 N–H and O–H groups in total. The summed E-state index contributed by atoms with van der Waals surface area (Å²) in [5.41, 5.74) is 0. The lowest BCUT2D eigenvalue weighted by atomic mass is 10.1. The lowest BCUT2D eigenvalue weighted by Crippen LogP contribution is -1.95. The van der Waals surface area contributed by atoms with Crippen LogP contribution in [0.15, 0.2) is 0 Å². The monoisotopic (exact) mass is 116 g/mol. The van der Waals surface area contributed by atoms with Crippen molar-refractivity contribution >= 4 is 0 Å². The van der Waals surface area contributed by atoms with Crippen molar-refractivity contribution in [3.63, 3.8) is 0 Å². The molecule has 0 fully saturated rings.